The molecule has 0 unspecified atom stereocenters. The molecule has 6 heteroatoms. The molecule has 0 radical (unpaired) electrons. The summed E-state index contributed by atoms with van der Waals surface area (Å²) in [5.74, 6) is 0.591. The lowest BCUT2D eigenvalue weighted by Gasteiger charge is -2.10. The molecule has 0 aliphatic rings. The summed E-state index contributed by atoms with van der Waals surface area (Å²) in [6, 6.07) is 82.5. The van der Waals surface area contributed by atoms with Crippen molar-refractivity contribution in [2.24, 2.45) is 0 Å². The molecule has 5 heterocycles. The average Bonchev–Trinajstić information content (AvgIpc) is 4.19. The first-order valence-corrected chi connectivity index (χ1v) is 24.5. The lowest BCUT2D eigenvalue weighted by atomic mass is 9.99. The van der Waals surface area contributed by atoms with Crippen molar-refractivity contribution in [2.45, 2.75) is 0 Å². The number of rotatable bonds is 6. The molecular formula is C64H38N4OS. The second-order valence-corrected chi connectivity index (χ2v) is 19.1. The topological polar surface area (TPSA) is 48.8 Å². The lowest BCUT2D eigenvalue weighted by molar-refractivity contribution is 0.666. The van der Waals surface area contributed by atoms with E-state index in [4.69, 9.17) is 14.4 Å². The third-order valence-electron chi connectivity index (χ3n) is 14.2. The van der Waals surface area contributed by atoms with Gasteiger partial charge in [0.15, 0.2) is 5.58 Å². The van der Waals surface area contributed by atoms with E-state index in [0.29, 0.717) is 11.5 Å². The maximum Gasteiger partial charge on any atom is 0.236 e. The number of hydrogen-bond donors (Lipinski definition) is 0. The number of aromatic nitrogens is 4. The van der Waals surface area contributed by atoms with Crippen molar-refractivity contribution >= 4 is 97.2 Å². The Morgan fingerprint density at radius 2 is 0.843 bits per heavy atom. The molecule has 15 rings (SSSR count). The van der Waals surface area contributed by atoms with Crippen LogP contribution in [-0.2, 0) is 0 Å². The molecule has 0 fully saturated rings. The Hall–Kier alpha value is -9.10. The molecule has 0 N–H and O–H groups in total. The fourth-order valence-electron chi connectivity index (χ4n) is 11.0. The van der Waals surface area contributed by atoms with E-state index < -0.39 is 0 Å². The van der Waals surface area contributed by atoms with Gasteiger partial charge in [0, 0.05) is 58.4 Å². The highest BCUT2D eigenvalue weighted by Gasteiger charge is 2.23. The van der Waals surface area contributed by atoms with Gasteiger partial charge < -0.3 is 8.98 Å². The molecule has 0 amide bonds. The van der Waals surface area contributed by atoms with E-state index >= 15 is 0 Å². The summed E-state index contributed by atoms with van der Waals surface area (Å²) in [5.41, 5.74) is 16.6. The Labute approximate surface area is 405 Å². The molecule has 0 atom stereocenters. The number of hydrogen-bond acceptors (Lipinski definition) is 4. The smallest absolute Gasteiger partial charge is 0.236 e. The van der Waals surface area contributed by atoms with E-state index in [1.54, 1.807) is 0 Å². The minimum atomic E-state index is 0.591. The minimum Gasteiger partial charge on any atom is -0.452 e. The monoisotopic (exact) mass is 910 g/mol. The lowest BCUT2D eigenvalue weighted by Crippen LogP contribution is -2.02. The van der Waals surface area contributed by atoms with E-state index in [2.05, 4.69) is 234 Å². The number of nitrogens with zero attached hydrogens (tertiary/aromatic N) is 4. The first-order valence-electron chi connectivity index (χ1n) is 23.6. The molecule has 5 nitrogen and oxygen atoms in total. The van der Waals surface area contributed by atoms with Crippen molar-refractivity contribution < 1.29 is 4.42 Å². The van der Waals surface area contributed by atoms with Gasteiger partial charge >= 0.3 is 0 Å². The van der Waals surface area contributed by atoms with Gasteiger partial charge in [0.1, 0.15) is 16.8 Å². The van der Waals surface area contributed by atoms with Crippen LogP contribution in [0.15, 0.2) is 235 Å². The van der Waals surface area contributed by atoms with Crippen molar-refractivity contribution in [1.82, 2.24) is 19.1 Å². The Morgan fingerprint density at radius 3 is 1.50 bits per heavy atom. The summed E-state index contributed by atoms with van der Waals surface area (Å²) in [6.07, 6.45) is 0. The van der Waals surface area contributed by atoms with Crippen LogP contribution in [-0.4, -0.2) is 19.1 Å². The standard InChI is InChI=1S/C64H38N4OS/c1-4-16-39(17-5-1)45-24-14-26-49-50-27-15-25-46(63(50)70-62(45)49)43-32-35-58-53(38-43)60-61(69-58)59(40-18-6-2-7-19-40)65-64(66-60)68-55-29-13-11-23-48(55)52-37-42(31-34-57(52)68)41-30-33-56-51(36-41)47-22-10-12-28-54(47)67(56)44-20-8-3-9-21-44/h1-38H. The number of thiophene rings is 1. The Balaban J connectivity index is 0.914. The Bertz CT molecular complexity index is 4580. The van der Waals surface area contributed by atoms with Crippen LogP contribution in [0.4, 0.5) is 0 Å². The van der Waals surface area contributed by atoms with Crippen LogP contribution in [0.5, 0.6) is 0 Å². The van der Waals surface area contributed by atoms with Gasteiger partial charge in [-0.25, -0.2) is 9.97 Å². The van der Waals surface area contributed by atoms with E-state index in [-0.39, 0.29) is 0 Å². The molecule has 5 aromatic heterocycles. The van der Waals surface area contributed by atoms with Crippen LogP contribution in [0.1, 0.15) is 0 Å². The van der Waals surface area contributed by atoms with E-state index in [9.17, 15) is 0 Å². The van der Waals surface area contributed by atoms with Crippen LogP contribution >= 0.6 is 11.3 Å². The Morgan fingerprint density at radius 1 is 0.343 bits per heavy atom. The molecule has 15 aromatic rings. The van der Waals surface area contributed by atoms with Gasteiger partial charge in [0.2, 0.25) is 5.95 Å². The van der Waals surface area contributed by atoms with Crippen molar-refractivity contribution in [1.29, 1.82) is 0 Å². The molecule has 0 spiro atoms. The first kappa shape index (κ1) is 38.9. The van der Waals surface area contributed by atoms with Crippen LogP contribution in [0, 0.1) is 0 Å². The van der Waals surface area contributed by atoms with E-state index in [0.717, 1.165) is 71.9 Å². The quantitative estimate of drug-likeness (QED) is 0.167. The van der Waals surface area contributed by atoms with Crippen molar-refractivity contribution in [3.8, 4) is 56.3 Å². The van der Waals surface area contributed by atoms with Crippen molar-refractivity contribution in [2.75, 3.05) is 0 Å². The molecule has 326 valence electrons. The molecule has 0 aliphatic heterocycles. The fraction of sp³-hybridized carbons (Fsp3) is 0. The summed E-state index contributed by atoms with van der Waals surface area (Å²) in [7, 11) is 0. The average molecular weight is 911 g/mol. The van der Waals surface area contributed by atoms with Gasteiger partial charge in [-0.15, -0.1) is 11.3 Å². The summed E-state index contributed by atoms with van der Waals surface area (Å²) >= 11 is 1.87. The highest BCUT2D eigenvalue weighted by Crippen LogP contribution is 2.46. The van der Waals surface area contributed by atoms with Gasteiger partial charge in [-0.2, -0.15) is 0 Å². The molecule has 0 saturated heterocycles. The number of benzene rings is 10. The summed E-state index contributed by atoms with van der Waals surface area (Å²) in [5, 5.41) is 8.21. The third kappa shape index (κ3) is 5.84. The predicted molar refractivity (Wildman–Crippen MR) is 293 cm³/mol. The van der Waals surface area contributed by atoms with Crippen LogP contribution < -0.4 is 0 Å². The second-order valence-electron chi connectivity index (χ2n) is 18.1. The normalized spacial score (nSPS) is 12.0. The predicted octanol–water partition coefficient (Wildman–Crippen LogP) is 17.6. The summed E-state index contributed by atoms with van der Waals surface area (Å²) < 4.78 is 13.9. The van der Waals surface area contributed by atoms with Crippen molar-refractivity contribution in [3.05, 3.63) is 231 Å². The largest absolute Gasteiger partial charge is 0.452 e. The third-order valence-corrected chi connectivity index (χ3v) is 15.4. The van der Waals surface area contributed by atoms with Crippen molar-refractivity contribution in [3.63, 3.8) is 0 Å². The van der Waals surface area contributed by atoms with E-state index in [1.165, 1.54) is 58.7 Å². The maximum absolute atomic E-state index is 6.79. The zero-order chi connectivity index (χ0) is 45.9. The van der Waals surface area contributed by atoms with Gasteiger partial charge in [-0.05, 0) is 94.0 Å². The molecule has 70 heavy (non-hydrogen) atoms. The summed E-state index contributed by atoms with van der Waals surface area (Å²) in [6.45, 7) is 0. The van der Waals surface area contributed by atoms with Crippen LogP contribution in [0.3, 0.4) is 0 Å². The number of para-hydroxylation sites is 3. The molecule has 0 aliphatic carbocycles. The molecule has 0 bridgehead atoms. The van der Waals surface area contributed by atoms with Gasteiger partial charge in [0.25, 0.3) is 0 Å². The van der Waals surface area contributed by atoms with Gasteiger partial charge in [-0.1, -0.05) is 170 Å². The SMILES string of the molecule is c1ccc(-c2nc(-n3c4ccccc4c4cc(-c5ccc6c(c5)c5ccccc5n6-c5ccccc5)ccc43)nc3c2oc2ccc(-c4cccc5c4sc4c(-c6ccccc6)cccc45)cc23)cc1. The highest BCUT2D eigenvalue weighted by molar-refractivity contribution is 7.26. The van der Waals surface area contributed by atoms with Crippen LogP contribution in [0.2, 0.25) is 0 Å². The number of fused-ring (bicyclic) bond motifs is 12. The van der Waals surface area contributed by atoms with Crippen LogP contribution in [0.25, 0.3) is 142 Å². The first-order chi connectivity index (χ1) is 34.7. The van der Waals surface area contributed by atoms with Gasteiger partial charge in [0.05, 0.1) is 22.1 Å². The highest BCUT2D eigenvalue weighted by atomic mass is 32.1. The maximum atomic E-state index is 6.79. The van der Waals surface area contributed by atoms with E-state index in [1.807, 2.05) is 17.4 Å². The van der Waals surface area contributed by atoms with Gasteiger partial charge in [-0.3, -0.25) is 4.57 Å². The summed E-state index contributed by atoms with van der Waals surface area (Å²) in [4.78, 5) is 10.9. The Kier molecular flexibility index (Phi) is 8.46. The molecular weight excluding hydrogens is 873 g/mol. The molecule has 0 saturated carbocycles. The second kappa shape index (κ2) is 15.2. The molecule has 10 aromatic carbocycles. The number of furan rings is 1. The minimum absolute atomic E-state index is 0.591. The zero-order valence-electron chi connectivity index (χ0n) is 37.5. The zero-order valence-corrected chi connectivity index (χ0v) is 38.4. The fourth-order valence-corrected chi connectivity index (χ4v) is 12.3.